The van der Waals surface area contributed by atoms with Gasteiger partial charge in [0, 0.05) is 16.8 Å². The van der Waals surface area contributed by atoms with Crippen LogP contribution in [0.3, 0.4) is 0 Å². The molecule has 0 atom stereocenters. The van der Waals surface area contributed by atoms with Crippen molar-refractivity contribution >= 4 is 45.2 Å². The zero-order chi connectivity index (χ0) is 16.1. The highest BCUT2D eigenvalue weighted by Gasteiger charge is 2.04. The molecule has 0 aliphatic carbocycles. The zero-order valence-corrected chi connectivity index (χ0v) is 14.5. The lowest BCUT2D eigenvalue weighted by atomic mass is 10.2. The van der Waals surface area contributed by atoms with Gasteiger partial charge < -0.3 is 10.1 Å². The fraction of sp³-hybridized carbons (Fsp3) is 0.118. The molecule has 0 spiro atoms. The van der Waals surface area contributed by atoms with Crippen LogP contribution in [-0.4, -0.2) is 13.0 Å². The van der Waals surface area contributed by atoms with Crippen LogP contribution >= 0.6 is 27.5 Å². The molecular weight excluding hydrogens is 366 g/mol. The Hall–Kier alpha value is -1.78. The third kappa shape index (κ3) is 4.12. The van der Waals surface area contributed by atoms with Gasteiger partial charge in [-0.15, -0.1) is 0 Å². The Morgan fingerprint density at radius 2 is 2.09 bits per heavy atom. The van der Waals surface area contributed by atoms with E-state index in [1.165, 1.54) is 6.08 Å². The summed E-state index contributed by atoms with van der Waals surface area (Å²) in [6.07, 6.45) is 3.22. The van der Waals surface area contributed by atoms with Crippen molar-refractivity contribution in [3.05, 3.63) is 63.1 Å². The topological polar surface area (TPSA) is 38.3 Å². The van der Waals surface area contributed by atoms with E-state index in [9.17, 15) is 4.79 Å². The van der Waals surface area contributed by atoms with Crippen molar-refractivity contribution in [2.24, 2.45) is 0 Å². The molecule has 22 heavy (non-hydrogen) atoms. The van der Waals surface area contributed by atoms with Crippen molar-refractivity contribution < 1.29 is 9.53 Å². The number of hydrogen-bond acceptors (Lipinski definition) is 2. The second-order valence-corrected chi connectivity index (χ2v) is 5.89. The van der Waals surface area contributed by atoms with Crippen LogP contribution < -0.4 is 10.1 Å². The lowest BCUT2D eigenvalue weighted by Crippen LogP contribution is -2.08. The Kier molecular flexibility index (Phi) is 5.63. The van der Waals surface area contributed by atoms with E-state index in [4.69, 9.17) is 16.3 Å². The highest BCUT2D eigenvalue weighted by Crippen LogP contribution is 2.26. The van der Waals surface area contributed by atoms with Gasteiger partial charge in [-0.25, -0.2) is 0 Å². The highest BCUT2D eigenvalue weighted by molar-refractivity contribution is 9.10. The molecule has 2 rings (SSSR count). The third-order valence-corrected chi connectivity index (χ3v) is 4.16. The molecule has 1 amide bonds. The van der Waals surface area contributed by atoms with E-state index in [0.717, 1.165) is 21.3 Å². The standard InChI is InChI=1S/C17H15BrClNO2/c1-11-14(19)4-3-5-15(11)20-17(21)9-7-12-6-8-16(22-2)13(18)10-12/h3-10H,1-2H3,(H,20,21)/b9-7+. The van der Waals surface area contributed by atoms with Crippen LogP contribution in [0.2, 0.25) is 5.02 Å². The lowest BCUT2D eigenvalue weighted by molar-refractivity contribution is -0.111. The van der Waals surface area contributed by atoms with E-state index < -0.39 is 0 Å². The first kappa shape index (κ1) is 16.6. The summed E-state index contributed by atoms with van der Waals surface area (Å²) in [6, 6.07) is 11.0. The van der Waals surface area contributed by atoms with E-state index in [-0.39, 0.29) is 5.91 Å². The van der Waals surface area contributed by atoms with Crippen LogP contribution in [-0.2, 0) is 4.79 Å². The molecule has 114 valence electrons. The molecule has 1 N–H and O–H groups in total. The fourth-order valence-electron chi connectivity index (χ4n) is 1.88. The molecule has 2 aromatic carbocycles. The van der Waals surface area contributed by atoms with E-state index in [2.05, 4.69) is 21.2 Å². The number of nitrogens with one attached hydrogen (secondary N) is 1. The summed E-state index contributed by atoms with van der Waals surface area (Å²) >= 11 is 9.44. The molecule has 0 aliphatic rings. The fourth-order valence-corrected chi connectivity index (χ4v) is 2.61. The van der Waals surface area contributed by atoms with Crippen molar-refractivity contribution in [2.75, 3.05) is 12.4 Å². The summed E-state index contributed by atoms with van der Waals surface area (Å²) in [7, 11) is 1.61. The molecule has 0 fully saturated rings. The molecule has 0 saturated heterocycles. The van der Waals surface area contributed by atoms with Gasteiger partial charge in [-0.2, -0.15) is 0 Å². The van der Waals surface area contributed by atoms with Gasteiger partial charge in [0.2, 0.25) is 5.91 Å². The first-order valence-corrected chi connectivity index (χ1v) is 7.76. The molecule has 2 aromatic rings. The van der Waals surface area contributed by atoms with Crippen LogP contribution in [0.1, 0.15) is 11.1 Å². The SMILES string of the molecule is COc1ccc(/C=C/C(=O)Nc2cccc(Cl)c2C)cc1Br. The molecule has 0 bridgehead atoms. The predicted molar refractivity (Wildman–Crippen MR) is 94.5 cm³/mol. The minimum Gasteiger partial charge on any atom is -0.496 e. The Bertz CT molecular complexity index is 729. The van der Waals surface area contributed by atoms with Gasteiger partial charge in [0.05, 0.1) is 11.6 Å². The first-order chi connectivity index (χ1) is 10.5. The predicted octanol–water partition coefficient (Wildman–Crippen LogP) is 5.07. The van der Waals surface area contributed by atoms with Gasteiger partial charge in [0.25, 0.3) is 0 Å². The van der Waals surface area contributed by atoms with Crippen LogP contribution in [0, 0.1) is 6.92 Å². The van der Waals surface area contributed by atoms with Crippen LogP contribution in [0.5, 0.6) is 5.75 Å². The molecule has 0 aliphatic heterocycles. The molecular formula is C17H15BrClNO2. The summed E-state index contributed by atoms with van der Waals surface area (Å²) in [4.78, 5) is 12.0. The number of hydrogen-bond donors (Lipinski definition) is 1. The Balaban J connectivity index is 2.08. The highest BCUT2D eigenvalue weighted by atomic mass is 79.9. The molecule has 5 heteroatoms. The van der Waals surface area contributed by atoms with Crippen molar-refractivity contribution in [1.29, 1.82) is 0 Å². The number of anilines is 1. The number of methoxy groups -OCH3 is 1. The molecule has 0 radical (unpaired) electrons. The van der Waals surface area contributed by atoms with Crippen molar-refractivity contribution in [3.8, 4) is 5.75 Å². The van der Waals surface area contributed by atoms with E-state index in [0.29, 0.717) is 10.7 Å². The van der Waals surface area contributed by atoms with Gasteiger partial charge in [0.15, 0.2) is 0 Å². The maximum absolute atomic E-state index is 12.0. The minimum atomic E-state index is -0.211. The van der Waals surface area contributed by atoms with Gasteiger partial charge in [-0.3, -0.25) is 4.79 Å². The summed E-state index contributed by atoms with van der Waals surface area (Å²) in [5.41, 5.74) is 2.45. The Labute approximate surface area is 143 Å². The molecule has 3 nitrogen and oxygen atoms in total. The molecule has 0 aromatic heterocycles. The van der Waals surface area contributed by atoms with Gasteiger partial charge in [-0.05, 0) is 64.3 Å². The van der Waals surface area contributed by atoms with Gasteiger partial charge >= 0.3 is 0 Å². The zero-order valence-electron chi connectivity index (χ0n) is 12.2. The maximum atomic E-state index is 12.0. The lowest BCUT2D eigenvalue weighted by Gasteiger charge is -2.07. The summed E-state index contributed by atoms with van der Waals surface area (Å²) in [5, 5.41) is 3.44. The molecule has 0 heterocycles. The van der Waals surface area contributed by atoms with E-state index >= 15 is 0 Å². The van der Waals surface area contributed by atoms with Crippen molar-refractivity contribution in [2.45, 2.75) is 6.92 Å². The maximum Gasteiger partial charge on any atom is 0.248 e. The van der Waals surface area contributed by atoms with Gasteiger partial charge in [-0.1, -0.05) is 23.7 Å². The van der Waals surface area contributed by atoms with E-state index in [1.807, 2.05) is 31.2 Å². The Morgan fingerprint density at radius 1 is 1.32 bits per heavy atom. The third-order valence-electron chi connectivity index (χ3n) is 3.13. The first-order valence-electron chi connectivity index (χ1n) is 6.59. The number of ether oxygens (including phenoxy) is 1. The average Bonchev–Trinajstić information content (AvgIpc) is 2.50. The quantitative estimate of drug-likeness (QED) is 0.752. The normalized spacial score (nSPS) is 10.7. The second kappa shape index (κ2) is 7.47. The number of carbonyl (C=O) groups excluding carboxylic acids is 1. The molecule has 0 unspecified atom stereocenters. The number of benzene rings is 2. The number of rotatable bonds is 4. The van der Waals surface area contributed by atoms with Crippen LogP contribution in [0.4, 0.5) is 5.69 Å². The van der Waals surface area contributed by atoms with E-state index in [1.54, 1.807) is 25.3 Å². The summed E-state index contributed by atoms with van der Waals surface area (Å²) in [5.74, 6) is 0.536. The second-order valence-electron chi connectivity index (χ2n) is 4.63. The summed E-state index contributed by atoms with van der Waals surface area (Å²) < 4.78 is 6.00. The summed E-state index contributed by atoms with van der Waals surface area (Å²) in [6.45, 7) is 1.86. The largest absolute Gasteiger partial charge is 0.496 e. The van der Waals surface area contributed by atoms with Crippen LogP contribution in [0.15, 0.2) is 46.9 Å². The average molecular weight is 381 g/mol. The Morgan fingerprint density at radius 3 is 2.77 bits per heavy atom. The van der Waals surface area contributed by atoms with Crippen LogP contribution in [0.25, 0.3) is 6.08 Å². The minimum absolute atomic E-state index is 0.211. The van der Waals surface area contributed by atoms with Crippen molar-refractivity contribution in [3.63, 3.8) is 0 Å². The molecule has 0 saturated carbocycles. The number of carbonyl (C=O) groups is 1. The monoisotopic (exact) mass is 379 g/mol. The van der Waals surface area contributed by atoms with Crippen molar-refractivity contribution in [1.82, 2.24) is 0 Å². The number of halogens is 2. The van der Waals surface area contributed by atoms with Gasteiger partial charge in [0.1, 0.15) is 5.75 Å². The smallest absolute Gasteiger partial charge is 0.248 e. The number of amides is 1.